The number of amides is 1. The van der Waals surface area contributed by atoms with Crippen LogP contribution in [0.5, 0.6) is 5.75 Å². The second-order valence-corrected chi connectivity index (χ2v) is 6.40. The fourth-order valence-electron chi connectivity index (χ4n) is 2.84. The van der Waals surface area contributed by atoms with E-state index < -0.39 is 0 Å². The quantitative estimate of drug-likeness (QED) is 0.607. The zero-order chi connectivity index (χ0) is 19.8. The minimum absolute atomic E-state index is 0.132. The standard InChI is InChI=1S/C21H28N4O2/c1-15-8-6-7-9-18(15)14-25(4)21(22-3)23-13-17-10-11-20(27-5)19(12-17)24-16(2)26/h6-12H,13-14H2,1-5H3,(H,22,23)(H,24,26). The Balaban J connectivity index is 2.05. The molecule has 2 rings (SSSR count). The number of nitrogens with zero attached hydrogens (tertiary/aromatic N) is 2. The minimum Gasteiger partial charge on any atom is -0.495 e. The highest BCUT2D eigenvalue weighted by Crippen LogP contribution is 2.25. The first-order valence-corrected chi connectivity index (χ1v) is 8.85. The molecule has 144 valence electrons. The molecule has 0 saturated heterocycles. The summed E-state index contributed by atoms with van der Waals surface area (Å²) in [6.45, 7) is 4.94. The van der Waals surface area contributed by atoms with E-state index in [-0.39, 0.29) is 5.91 Å². The first-order chi connectivity index (χ1) is 12.9. The van der Waals surface area contributed by atoms with E-state index in [0.29, 0.717) is 18.0 Å². The van der Waals surface area contributed by atoms with Gasteiger partial charge in [0.2, 0.25) is 5.91 Å². The molecule has 0 spiro atoms. The molecular formula is C21H28N4O2. The number of rotatable bonds is 6. The normalized spacial score (nSPS) is 11.1. The maximum absolute atomic E-state index is 11.4. The van der Waals surface area contributed by atoms with Gasteiger partial charge in [0.25, 0.3) is 0 Å². The molecule has 2 aromatic carbocycles. The fourth-order valence-corrected chi connectivity index (χ4v) is 2.84. The molecule has 0 heterocycles. The number of ether oxygens (including phenoxy) is 1. The molecule has 0 aliphatic rings. The van der Waals surface area contributed by atoms with Crippen LogP contribution in [0.1, 0.15) is 23.6 Å². The monoisotopic (exact) mass is 368 g/mol. The van der Waals surface area contributed by atoms with Crippen molar-refractivity contribution in [2.24, 2.45) is 4.99 Å². The lowest BCUT2D eigenvalue weighted by Gasteiger charge is -2.23. The van der Waals surface area contributed by atoms with Gasteiger partial charge >= 0.3 is 0 Å². The smallest absolute Gasteiger partial charge is 0.221 e. The Morgan fingerprint density at radius 2 is 1.96 bits per heavy atom. The van der Waals surface area contributed by atoms with Crippen molar-refractivity contribution in [2.75, 3.05) is 26.5 Å². The largest absolute Gasteiger partial charge is 0.495 e. The van der Waals surface area contributed by atoms with Crippen molar-refractivity contribution >= 4 is 17.6 Å². The van der Waals surface area contributed by atoms with Gasteiger partial charge in [0, 0.05) is 34.1 Å². The van der Waals surface area contributed by atoms with Gasteiger partial charge in [-0.1, -0.05) is 30.3 Å². The Kier molecular flexibility index (Phi) is 7.23. The molecule has 0 radical (unpaired) electrons. The number of guanidine groups is 1. The summed E-state index contributed by atoms with van der Waals surface area (Å²) in [5.41, 5.74) is 4.20. The third-order valence-corrected chi connectivity index (χ3v) is 4.27. The number of benzene rings is 2. The third-order valence-electron chi connectivity index (χ3n) is 4.27. The first kappa shape index (κ1) is 20.3. The molecule has 0 unspecified atom stereocenters. The number of carbonyl (C=O) groups excluding carboxylic acids is 1. The highest BCUT2D eigenvalue weighted by molar-refractivity contribution is 5.90. The highest BCUT2D eigenvalue weighted by Gasteiger charge is 2.10. The van der Waals surface area contributed by atoms with Crippen molar-refractivity contribution < 1.29 is 9.53 Å². The lowest BCUT2D eigenvalue weighted by Crippen LogP contribution is -2.38. The SMILES string of the molecule is CN=C(NCc1ccc(OC)c(NC(C)=O)c1)N(C)Cc1ccccc1C. The predicted molar refractivity (Wildman–Crippen MR) is 110 cm³/mol. The number of nitrogens with one attached hydrogen (secondary N) is 2. The summed E-state index contributed by atoms with van der Waals surface area (Å²) in [6.07, 6.45) is 0. The van der Waals surface area contributed by atoms with Gasteiger partial charge < -0.3 is 20.3 Å². The number of anilines is 1. The number of hydrogen-bond acceptors (Lipinski definition) is 3. The number of aliphatic imine (C=N–C) groups is 1. The van der Waals surface area contributed by atoms with E-state index >= 15 is 0 Å². The second kappa shape index (κ2) is 9.62. The van der Waals surface area contributed by atoms with Gasteiger partial charge in [0.15, 0.2) is 5.96 Å². The molecule has 2 N–H and O–H groups in total. The molecule has 0 aliphatic carbocycles. The van der Waals surface area contributed by atoms with E-state index in [1.54, 1.807) is 14.2 Å². The molecule has 2 aromatic rings. The van der Waals surface area contributed by atoms with Gasteiger partial charge in [0.1, 0.15) is 5.75 Å². The summed E-state index contributed by atoms with van der Waals surface area (Å²) in [5, 5.41) is 6.16. The summed E-state index contributed by atoms with van der Waals surface area (Å²) < 4.78 is 5.30. The zero-order valence-corrected chi connectivity index (χ0v) is 16.7. The average Bonchev–Trinajstić information content (AvgIpc) is 2.64. The van der Waals surface area contributed by atoms with Gasteiger partial charge in [-0.25, -0.2) is 0 Å². The summed E-state index contributed by atoms with van der Waals surface area (Å²) in [5.74, 6) is 1.30. The molecule has 0 aliphatic heterocycles. The summed E-state index contributed by atoms with van der Waals surface area (Å²) in [6, 6.07) is 14.0. The fraction of sp³-hybridized carbons (Fsp3) is 0.333. The summed E-state index contributed by atoms with van der Waals surface area (Å²) in [4.78, 5) is 17.8. The molecule has 0 atom stereocenters. The Morgan fingerprint density at radius 1 is 1.22 bits per heavy atom. The Hall–Kier alpha value is -3.02. The van der Waals surface area contributed by atoms with Gasteiger partial charge in [-0.15, -0.1) is 0 Å². The lowest BCUT2D eigenvalue weighted by atomic mass is 10.1. The van der Waals surface area contributed by atoms with E-state index in [0.717, 1.165) is 18.1 Å². The molecule has 6 heteroatoms. The Labute approximate surface area is 161 Å². The topological polar surface area (TPSA) is 66.0 Å². The van der Waals surface area contributed by atoms with Crippen LogP contribution in [0, 0.1) is 6.92 Å². The van der Waals surface area contributed by atoms with Crippen LogP contribution in [-0.4, -0.2) is 38.0 Å². The molecule has 6 nitrogen and oxygen atoms in total. The Bertz CT molecular complexity index is 818. The van der Waals surface area contributed by atoms with Crippen molar-refractivity contribution in [2.45, 2.75) is 26.9 Å². The molecule has 0 aromatic heterocycles. The molecule has 1 amide bonds. The van der Waals surface area contributed by atoms with E-state index in [1.807, 2.05) is 37.4 Å². The van der Waals surface area contributed by atoms with Gasteiger partial charge in [0.05, 0.1) is 12.8 Å². The van der Waals surface area contributed by atoms with Crippen LogP contribution in [-0.2, 0) is 17.9 Å². The molecule has 0 fully saturated rings. The van der Waals surface area contributed by atoms with Crippen LogP contribution in [0.2, 0.25) is 0 Å². The Morgan fingerprint density at radius 3 is 2.59 bits per heavy atom. The van der Waals surface area contributed by atoms with Gasteiger partial charge in [-0.3, -0.25) is 9.79 Å². The molecule has 0 saturated carbocycles. The molecule has 0 bridgehead atoms. The number of methoxy groups -OCH3 is 1. The van der Waals surface area contributed by atoms with Crippen LogP contribution in [0.3, 0.4) is 0 Å². The van der Waals surface area contributed by atoms with E-state index in [2.05, 4.69) is 39.6 Å². The third kappa shape index (κ3) is 5.74. The van der Waals surface area contributed by atoms with E-state index in [9.17, 15) is 4.79 Å². The van der Waals surface area contributed by atoms with Crippen molar-refractivity contribution in [1.82, 2.24) is 10.2 Å². The van der Waals surface area contributed by atoms with Crippen molar-refractivity contribution in [1.29, 1.82) is 0 Å². The highest BCUT2D eigenvalue weighted by atomic mass is 16.5. The number of carbonyl (C=O) groups is 1. The molecule has 27 heavy (non-hydrogen) atoms. The van der Waals surface area contributed by atoms with Crippen molar-refractivity contribution in [3.8, 4) is 5.75 Å². The van der Waals surface area contributed by atoms with E-state index in [1.165, 1.54) is 18.1 Å². The van der Waals surface area contributed by atoms with Crippen LogP contribution in [0.15, 0.2) is 47.5 Å². The van der Waals surface area contributed by atoms with Crippen LogP contribution < -0.4 is 15.4 Å². The molecular weight excluding hydrogens is 340 g/mol. The minimum atomic E-state index is -0.132. The van der Waals surface area contributed by atoms with Crippen molar-refractivity contribution in [3.63, 3.8) is 0 Å². The maximum atomic E-state index is 11.4. The number of aryl methyl sites for hydroxylation is 1. The summed E-state index contributed by atoms with van der Waals surface area (Å²) >= 11 is 0. The first-order valence-electron chi connectivity index (χ1n) is 8.85. The summed E-state index contributed by atoms with van der Waals surface area (Å²) in [7, 11) is 5.37. The van der Waals surface area contributed by atoms with Crippen LogP contribution in [0.4, 0.5) is 5.69 Å². The maximum Gasteiger partial charge on any atom is 0.221 e. The van der Waals surface area contributed by atoms with E-state index in [4.69, 9.17) is 4.74 Å². The lowest BCUT2D eigenvalue weighted by molar-refractivity contribution is -0.114. The predicted octanol–water partition coefficient (Wildman–Crippen LogP) is 3.17. The van der Waals surface area contributed by atoms with Gasteiger partial charge in [-0.2, -0.15) is 0 Å². The number of hydrogen-bond donors (Lipinski definition) is 2. The zero-order valence-electron chi connectivity index (χ0n) is 16.7. The average molecular weight is 368 g/mol. The van der Waals surface area contributed by atoms with Crippen LogP contribution >= 0.6 is 0 Å². The second-order valence-electron chi connectivity index (χ2n) is 6.40. The van der Waals surface area contributed by atoms with Gasteiger partial charge in [-0.05, 0) is 35.7 Å². The van der Waals surface area contributed by atoms with Crippen LogP contribution in [0.25, 0.3) is 0 Å². The van der Waals surface area contributed by atoms with Crippen molar-refractivity contribution in [3.05, 3.63) is 59.2 Å².